The lowest BCUT2D eigenvalue weighted by Crippen LogP contribution is -2.51. The first kappa shape index (κ1) is 14.6. The number of hydrogen-bond donors (Lipinski definition) is 2. The van der Waals surface area contributed by atoms with Crippen LogP contribution in [0.2, 0.25) is 0 Å². The lowest BCUT2D eigenvalue weighted by molar-refractivity contribution is -0.126. The molecule has 0 saturated heterocycles. The maximum absolute atomic E-state index is 13.3. The van der Waals surface area contributed by atoms with Gasteiger partial charge in [0.05, 0.1) is 5.54 Å². The molecule has 0 aromatic heterocycles. The number of likely N-dealkylation sites (N-methyl/N-ethyl adjacent to an activating group) is 1. The molecule has 0 aliphatic rings. The molecule has 0 spiro atoms. The summed E-state index contributed by atoms with van der Waals surface area (Å²) in [5.41, 5.74) is -0.418. The number of halogens is 2. The second-order valence-corrected chi connectivity index (χ2v) is 4.62. The average molecular weight is 256 g/mol. The molecule has 100 valence electrons. The highest BCUT2D eigenvalue weighted by molar-refractivity contribution is 5.85. The molecule has 1 rings (SSSR count). The van der Waals surface area contributed by atoms with Gasteiger partial charge in [-0.05, 0) is 51.1 Å². The summed E-state index contributed by atoms with van der Waals surface area (Å²) in [7, 11) is 1.69. The van der Waals surface area contributed by atoms with E-state index < -0.39 is 17.2 Å². The van der Waals surface area contributed by atoms with Crippen molar-refractivity contribution in [2.24, 2.45) is 0 Å². The van der Waals surface area contributed by atoms with E-state index in [1.807, 2.05) is 0 Å². The van der Waals surface area contributed by atoms with Crippen molar-refractivity contribution in [3.63, 3.8) is 0 Å². The average Bonchev–Trinajstić information content (AvgIpc) is 2.33. The first-order chi connectivity index (χ1) is 8.36. The lowest BCUT2D eigenvalue weighted by Gasteiger charge is -2.22. The van der Waals surface area contributed by atoms with E-state index >= 15 is 0 Å². The Morgan fingerprint density at radius 2 is 2.00 bits per heavy atom. The Labute approximate surface area is 106 Å². The Hall–Kier alpha value is -1.49. The molecule has 5 heteroatoms. The number of hydrogen-bond acceptors (Lipinski definition) is 2. The Morgan fingerprint density at radius 3 is 2.61 bits per heavy atom. The summed E-state index contributed by atoms with van der Waals surface area (Å²) in [6, 6.07) is 3.30. The highest BCUT2D eigenvalue weighted by atomic mass is 19.1. The van der Waals surface area contributed by atoms with Crippen molar-refractivity contribution in [3.8, 4) is 0 Å². The predicted molar refractivity (Wildman–Crippen MR) is 66.2 cm³/mol. The normalized spacial score (nSPS) is 11.4. The van der Waals surface area contributed by atoms with Gasteiger partial charge in [0.1, 0.15) is 11.6 Å². The van der Waals surface area contributed by atoms with E-state index in [1.165, 1.54) is 0 Å². The second kappa shape index (κ2) is 5.91. The van der Waals surface area contributed by atoms with E-state index in [0.29, 0.717) is 0 Å². The minimum absolute atomic E-state index is 0.179. The van der Waals surface area contributed by atoms with Gasteiger partial charge in [0.25, 0.3) is 0 Å². The molecular weight excluding hydrogens is 238 g/mol. The van der Waals surface area contributed by atoms with Crippen molar-refractivity contribution in [3.05, 3.63) is 35.4 Å². The molecule has 2 N–H and O–H groups in total. The molecule has 0 fully saturated rings. The van der Waals surface area contributed by atoms with Crippen LogP contribution in [0.4, 0.5) is 8.78 Å². The molecule has 0 aliphatic carbocycles. The lowest BCUT2D eigenvalue weighted by atomic mass is 10.0. The third kappa shape index (κ3) is 3.77. The summed E-state index contributed by atoms with van der Waals surface area (Å²) >= 11 is 0. The number of rotatable bonds is 5. The van der Waals surface area contributed by atoms with Crippen molar-refractivity contribution in [2.45, 2.75) is 25.8 Å². The van der Waals surface area contributed by atoms with Crippen LogP contribution in [-0.2, 0) is 11.2 Å². The van der Waals surface area contributed by atoms with Crippen LogP contribution in [0.5, 0.6) is 0 Å². The first-order valence-corrected chi connectivity index (χ1v) is 5.78. The van der Waals surface area contributed by atoms with Gasteiger partial charge in [-0.25, -0.2) is 8.78 Å². The molecule has 1 aromatic carbocycles. The van der Waals surface area contributed by atoms with Crippen LogP contribution in [0.1, 0.15) is 19.4 Å². The second-order valence-electron chi connectivity index (χ2n) is 4.62. The highest BCUT2D eigenvalue weighted by Gasteiger charge is 2.24. The van der Waals surface area contributed by atoms with E-state index in [4.69, 9.17) is 0 Å². The zero-order valence-electron chi connectivity index (χ0n) is 10.8. The Balaban J connectivity index is 2.52. The maximum atomic E-state index is 13.3. The Morgan fingerprint density at radius 1 is 1.33 bits per heavy atom. The van der Waals surface area contributed by atoms with Crippen LogP contribution in [0, 0.1) is 11.6 Å². The Bertz CT molecular complexity index is 433. The van der Waals surface area contributed by atoms with Crippen molar-refractivity contribution in [2.75, 3.05) is 13.6 Å². The molecule has 0 heterocycles. The molecule has 18 heavy (non-hydrogen) atoms. The first-order valence-electron chi connectivity index (χ1n) is 5.78. The minimum Gasteiger partial charge on any atom is -0.354 e. The van der Waals surface area contributed by atoms with Crippen LogP contribution in [0.3, 0.4) is 0 Å². The van der Waals surface area contributed by atoms with Gasteiger partial charge in [0.15, 0.2) is 0 Å². The molecule has 0 radical (unpaired) electrons. The van der Waals surface area contributed by atoms with Crippen molar-refractivity contribution in [1.29, 1.82) is 0 Å². The van der Waals surface area contributed by atoms with Crippen molar-refractivity contribution < 1.29 is 13.6 Å². The molecule has 0 atom stereocenters. The highest BCUT2D eigenvalue weighted by Crippen LogP contribution is 2.10. The van der Waals surface area contributed by atoms with Crippen LogP contribution in [0.25, 0.3) is 0 Å². The fourth-order valence-corrected chi connectivity index (χ4v) is 1.38. The van der Waals surface area contributed by atoms with Crippen LogP contribution in [0.15, 0.2) is 18.2 Å². The molecule has 1 aromatic rings. The van der Waals surface area contributed by atoms with Gasteiger partial charge in [0, 0.05) is 6.54 Å². The van der Waals surface area contributed by atoms with Gasteiger partial charge in [-0.3, -0.25) is 4.79 Å². The minimum atomic E-state index is -0.680. The van der Waals surface area contributed by atoms with Gasteiger partial charge in [-0.2, -0.15) is 0 Å². The quantitative estimate of drug-likeness (QED) is 0.840. The molecule has 0 saturated carbocycles. The zero-order chi connectivity index (χ0) is 13.8. The SMILES string of the molecule is CNC(C)(C)C(=O)NCCc1cc(F)ccc1F. The Kier molecular flexibility index (Phi) is 4.78. The van der Waals surface area contributed by atoms with Gasteiger partial charge in [-0.1, -0.05) is 0 Å². The number of amides is 1. The predicted octanol–water partition coefficient (Wildman–Crippen LogP) is 1.62. The maximum Gasteiger partial charge on any atom is 0.239 e. The van der Waals surface area contributed by atoms with Crippen LogP contribution < -0.4 is 10.6 Å². The molecule has 3 nitrogen and oxygen atoms in total. The number of nitrogens with one attached hydrogen (secondary N) is 2. The summed E-state index contributed by atoms with van der Waals surface area (Å²) in [6.07, 6.45) is 0.259. The van der Waals surface area contributed by atoms with Crippen molar-refractivity contribution in [1.82, 2.24) is 10.6 Å². The van der Waals surface area contributed by atoms with Crippen molar-refractivity contribution >= 4 is 5.91 Å². The monoisotopic (exact) mass is 256 g/mol. The number of carbonyl (C=O) groups excluding carboxylic acids is 1. The fraction of sp³-hybridized carbons (Fsp3) is 0.462. The molecule has 1 amide bonds. The smallest absolute Gasteiger partial charge is 0.239 e. The summed E-state index contributed by atoms with van der Waals surface area (Å²) in [4.78, 5) is 11.7. The van der Waals surface area contributed by atoms with E-state index in [9.17, 15) is 13.6 Å². The van der Waals surface area contributed by atoms with E-state index in [0.717, 1.165) is 18.2 Å². The largest absolute Gasteiger partial charge is 0.354 e. The van der Waals surface area contributed by atoms with Crippen LogP contribution in [-0.4, -0.2) is 25.0 Å². The zero-order valence-corrected chi connectivity index (χ0v) is 10.8. The summed E-state index contributed by atoms with van der Waals surface area (Å²) in [6.45, 7) is 3.75. The number of benzene rings is 1. The van der Waals surface area contributed by atoms with E-state index in [-0.39, 0.29) is 24.4 Å². The number of carbonyl (C=O) groups is 1. The van der Waals surface area contributed by atoms with Gasteiger partial charge >= 0.3 is 0 Å². The molecule has 0 bridgehead atoms. The third-order valence-electron chi connectivity index (χ3n) is 2.88. The third-order valence-corrected chi connectivity index (χ3v) is 2.88. The molecule has 0 aliphatic heterocycles. The fourth-order valence-electron chi connectivity index (χ4n) is 1.38. The van der Waals surface area contributed by atoms with Gasteiger partial charge < -0.3 is 10.6 Å². The molecular formula is C13H18F2N2O. The summed E-state index contributed by atoms with van der Waals surface area (Å²) in [5, 5.41) is 5.54. The van der Waals surface area contributed by atoms with E-state index in [1.54, 1.807) is 20.9 Å². The van der Waals surface area contributed by atoms with Gasteiger partial charge in [0.2, 0.25) is 5.91 Å². The topological polar surface area (TPSA) is 41.1 Å². The standard InChI is InChI=1S/C13H18F2N2O/c1-13(2,16-3)12(18)17-7-6-9-8-10(14)4-5-11(9)15/h4-5,8,16H,6-7H2,1-3H3,(H,17,18). The summed E-state index contributed by atoms with van der Waals surface area (Å²) < 4.78 is 26.2. The molecule has 0 unspecified atom stereocenters. The van der Waals surface area contributed by atoms with Gasteiger partial charge in [-0.15, -0.1) is 0 Å². The summed E-state index contributed by atoms with van der Waals surface area (Å²) in [5.74, 6) is -1.12. The van der Waals surface area contributed by atoms with E-state index in [2.05, 4.69) is 10.6 Å². The van der Waals surface area contributed by atoms with Crippen LogP contribution >= 0.6 is 0 Å².